The van der Waals surface area contributed by atoms with E-state index in [9.17, 15) is 4.39 Å². The Morgan fingerprint density at radius 1 is 1.20 bits per heavy atom. The number of hydrogen-bond donors (Lipinski definition) is 2. The van der Waals surface area contributed by atoms with Crippen LogP contribution in [0, 0.1) is 5.82 Å². The molecule has 2 nitrogen and oxygen atoms in total. The molecule has 0 heterocycles. The molecule has 0 spiro atoms. The maximum Gasteiger partial charge on any atom is 0.123 e. The van der Waals surface area contributed by atoms with Crippen LogP contribution < -0.4 is 11.5 Å². The van der Waals surface area contributed by atoms with E-state index in [1.54, 1.807) is 18.2 Å². The standard InChI is InChI=1S/C12H13FN2/c13-10-3-1-9(2-4-10)12(15)7-5-11(14)6-8-12/h1-7H,8,14-15H2. The average Bonchev–Trinajstić information content (AvgIpc) is 2.24. The van der Waals surface area contributed by atoms with E-state index >= 15 is 0 Å². The number of benzene rings is 1. The van der Waals surface area contributed by atoms with Crippen LogP contribution in [-0.2, 0) is 5.54 Å². The van der Waals surface area contributed by atoms with Crippen molar-refractivity contribution in [2.24, 2.45) is 11.5 Å². The second-order valence-corrected chi connectivity index (χ2v) is 3.79. The Kier molecular flexibility index (Phi) is 2.32. The maximum absolute atomic E-state index is 12.7. The summed E-state index contributed by atoms with van der Waals surface area (Å²) in [6, 6.07) is 6.24. The van der Waals surface area contributed by atoms with Crippen LogP contribution in [-0.4, -0.2) is 0 Å². The highest BCUT2D eigenvalue weighted by molar-refractivity contribution is 5.36. The second kappa shape index (κ2) is 3.51. The molecular weight excluding hydrogens is 191 g/mol. The van der Waals surface area contributed by atoms with Gasteiger partial charge >= 0.3 is 0 Å². The van der Waals surface area contributed by atoms with Crippen LogP contribution in [0.1, 0.15) is 12.0 Å². The number of halogens is 1. The molecule has 1 aromatic carbocycles. The largest absolute Gasteiger partial charge is 0.399 e. The van der Waals surface area contributed by atoms with Crippen LogP contribution in [0.2, 0.25) is 0 Å². The van der Waals surface area contributed by atoms with Gasteiger partial charge in [-0.05, 0) is 30.2 Å². The fraction of sp³-hybridized carbons (Fsp3) is 0.167. The van der Waals surface area contributed by atoms with Gasteiger partial charge < -0.3 is 11.5 Å². The van der Waals surface area contributed by atoms with Crippen molar-refractivity contribution < 1.29 is 4.39 Å². The quantitative estimate of drug-likeness (QED) is 0.732. The van der Waals surface area contributed by atoms with E-state index in [0.29, 0.717) is 6.42 Å². The first kappa shape index (κ1) is 9.93. The lowest BCUT2D eigenvalue weighted by atomic mass is 9.84. The van der Waals surface area contributed by atoms with Gasteiger partial charge in [0.05, 0.1) is 5.54 Å². The molecule has 4 N–H and O–H groups in total. The van der Waals surface area contributed by atoms with Gasteiger partial charge in [0.25, 0.3) is 0 Å². The zero-order valence-electron chi connectivity index (χ0n) is 8.28. The lowest BCUT2D eigenvalue weighted by Gasteiger charge is -2.27. The van der Waals surface area contributed by atoms with Crippen molar-refractivity contribution in [3.63, 3.8) is 0 Å². The molecule has 78 valence electrons. The molecule has 0 fully saturated rings. The zero-order valence-corrected chi connectivity index (χ0v) is 8.28. The molecule has 0 aromatic heterocycles. The lowest BCUT2D eigenvalue weighted by molar-refractivity contribution is 0.558. The van der Waals surface area contributed by atoms with Crippen molar-refractivity contribution in [1.82, 2.24) is 0 Å². The summed E-state index contributed by atoms with van der Waals surface area (Å²) in [4.78, 5) is 0. The predicted molar refractivity (Wildman–Crippen MR) is 58.3 cm³/mol. The summed E-state index contributed by atoms with van der Waals surface area (Å²) in [5, 5.41) is 0. The Morgan fingerprint density at radius 2 is 1.87 bits per heavy atom. The van der Waals surface area contributed by atoms with Crippen LogP contribution in [0.4, 0.5) is 4.39 Å². The van der Waals surface area contributed by atoms with Crippen molar-refractivity contribution in [3.8, 4) is 0 Å². The molecule has 0 amide bonds. The van der Waals surface area contributed by atoms with Crippen molar-refractivity contribution in [2.45, 2.75) is 12.0 Å². The molecule has 1 atom stereocenters. The minimum atomic E-state index is -0.559. The molecule has 1 unspecified atom stereocenters. The van der Waals surface area contributed by atoms with Gasteiger partial charge in [-0.25, -0.2) is 4.39 Å². The third-order valence-corrected chi connectivity index (χ3v) is 2.63. The predicted octanol–water partition coefficient (Wildman–Crippen LogP) is 1.78. The van der Waals surface area contributed by atoms with Gasteiger partial charge in [0.15, 0.2) is 0 Å². The van der Waals surface area contributed by atoms with Crippen molar-refractivity contribution in [1.29, 1.82) is 0 Å². The Labute approximate surface area is 88.1 Å². The third-order valence-electron chi connectivity index (χ3n) is 2.63. The Hall–Kier alpha value is -1.61. The van der Waals surface area contributed by atoms with Crippen LogP contribution in [0.15, 0.2) is 48.2 Å². The summed E-state index contributed by atoms with van der Waals surface area (Å²) >= 11 is 0. The van der Waals surface area contributed by atoms with Gasteiger partial charge in [0.2, 0.25) is 0 Å². The number of nitrogens with two attached hydrogens (primary N) is 2. The summed E-state index contributed by atoms with van der Waals surface area (Å²) < 4.78 is 12.7. The highest BCUT2D eigenvalue weighted by Crippen LogP contribution is 2.27. The molecule has 0 saturated carbocycles. The molecule has 3 heteroatoms. The topological polar surface area (TPSA) is 52.0 Å². The smallest absolute Gasteiger partial charge is 0.123 e. The first-order chi connectivity index (χ1) is 7.10. The number of rotatable bonds is 1. The molecular formula is C12H13FN2. The molecule has 0 aliphatic heterocycles. The van der Waals surface area contributed by atoms with Crippen LogP contribution in [0.25, 0.3) is 0 Å². The molecule has 1 aromatic rings. The van der Waals surface area contributed by atoms with Crippen molar-refractivity contribution in [3.05, 3.63) is 59.6 Å². The van der Waals surface area contributed by atoms with E-state index < -0.39 is 5.54 Å². The average molecular weight is 204 g/mol. The minimum Gasteiger partial charge on any atom is -0.399 e. The van der Waals surface area contributed by atoms with Gasteiger partial charge in [-0.2, -0.15) is 0 Å². The SMILES string of the molecule is NC1=CCC(N)(c2ccc(F)cc2)C=C1. The molecule has 1 aliphatic rings. The van der Waals surface area contributed by atoms with Crippen molar-refractivity contribution in [2.75, 3.05) is 0 Å². The Bertz CT molecular complexity index is 420. The molecule has 1 aliphatic carbocycles. The van der Waals surface area contributed by atoms with Gasteiger partial charge in [-0.3, -0.25) is 0 Å². The lowest BCUT2D eigenvalue weighted by Crippen LogP contribution is -2.35. The first-order valence-corrected chi connectivity index (χ1v) is 4.80. The van der Waals surface area contributed by atoms with Crippen LogP contribution in [0.5, 0.6) is 0 Å². The Morgan fingerprint density at radius 3 is 2.40 bits per heavy atom. The van der Waals surface area contributed by atoms with Crippen LogP contribution >= 0.6 is 0 Å². The van der Waals surface area contributed by atoms with Gasteiger partial charge in [-0.15, -0.1) is 0 Å². The van der Waals surface area contributed by atoms with Gasteiger partial charge in [-0.1, -0.05) is 24.3 Å². The summed E-state index contributed by atoms with van der Waals surface area (Å²) in [7, 11) is 0. The summed E-state index contributed by atoms with van der Waals surface area (Å²) in [6.45, 7) is 0. The molecule has 0 saturated heterocycles. The normalized spacial score (nSPS) is 25.1. The zero-order chi connectivity index (χ0) is 10.9. The fourth-order valence-electron chi connectivity index (χ4n) is 1.64. The minimum absolute atomic E-state index is 0.253. The van der Waals surface area contributed by atoms with Crippen LogP contribution in [0.3, 0.4) is 0 Å². The first-order valence-electron chi connectivity index (χ1n) is 4.80. The van der Waals surface area contributed by atoms with E-state index in [2.05, 4.69) is 0 Å². The molecule has 0 radical (unpaired) electrons. The Balaban J connectivity index is 2.32. The highest BCUT2D eigenvalue weighted by Gasteiger charge is 2.24. The molecule has 15 heavy (non-hydrogen) atoms. The highest BCUT2D eigenvalue weighted by atomic mass is 19.1. The summed E-state index contributed by atoms with van der Waals surface area (Å²) in [5.41, 5.74) is 12.9. The summed E-state index contributed by atoms with van der Waals surface area (Å²) in [6.07, 6.45) is 6.16. The fourth-order valence-corrected chi connectivity index (χ4v) is 1.64. The van der Waals surface area contributed by atoms with Gasteiger partial charge in [0.1, 0.15) is 5.82 Å². The second-order valence-electron chi connectivity index (χ2n) is 3.79. The van der Waals surface area contributed by atoms with E-state index in [1.165, 1.54) is 12.1 Å². The van der Waals surface area contributed by atoms with E-state index in [-0.39, 0.29) is 5.82 Å². The number of hydrogen-bond acceptors (Lipinski definition) is 2. The van der Waals surface area contributed by atoms with Gasteiger partial charge in [0, 0.05) is 5.70 Å². The van der Waals surface area contributed by atoms with E-state index in [0.717, 1.165) is 11.3 Å². The van der Waals surface area contributed by atoms with E-state index in [1.807, 2.05) is 12.2 Å². The monoisotopic (exact) mass is 204 g/mol. The van der Waals surface area contributed by atoms with Crippen molar-refractivity contribution >= 4 is 0 Å². The third kappa shape index (κ3) is 1.92. The maximum atomic E-state index is 12.7. The molecule has 0 bridgehead atoms. The van der Waals surface area contributed by atoms with E-state index in [4.69, 9.17) is 11.5 Å². The summed E-state index contributed by atoms with van der Waals surface area (Å²) in [5.74, 6) is -0.253. The number of allylic oxidation sites excluding steroid dienone is 1. The molecule has 2 rings (SSSR count).